The second-order valence-electron chi connectivity index (χ2n) is 5.56. The molecule has 2 aromatic heterocycles. The lowest BCUT2D eigenvalue weighted by Crippen LogP contribution is -2.26. The molecular weight excluding hydrogens is 345 g/mol. The zero-order valence-corrected chi connectivity index (χ0v) is 13.6. The van der Waals surface area contributed by atoms with Crippen molar-refractivity contribution in [3.8, 4) is 5.69 Å². The molecule has 5 nitrogen and oxygen atoms in total. The van der Waals surface area contributed by atoms with Crippen molar-refractivity contribution >= 4 is 5.91 Å². The van der Waals surface area contributed by atoms with Crippen molar-refractivity contribution in [1.82, 2.24) is 20.1 Å². The standard InChI is InChI=1S/C18H15F3N4O/c19-18(20,21)16-7-6-14(11-23-16)17(26)22-9-8-13-10-24-25(12-13)15-4-2-1-3-5-15/h1-7,10-12H,8-9H2,(H,22,26). The lowest BCUT2D eigenvalue weighted by atomic mass is 10.2. The molecule has 1 aromatic carbocycles. The summed E-state index contributed by atoms with van der Waals surface area (Å²) in [5.41, 5.74) is 0.915. The first kappa shape index (κ1) is 17.7. The van der Waals surface area contributed by atoms with Crippen LogP contribution < -0.4 is 5.32 Å². The van der Waals surface area contributed by atoms with Crippen LogP contribution in [0.1, 0.15) is 21.6 Å². The third-order valence-electron chi connectivity index (χ3n) is 3.67. The fraction of sp³-hybridized carbons (Fsp3) is 0.167. The van der Waals surface area contributed by atoms with Crippen molar-refractivity contribution in [3.05, 3.63) is 77.9 Å². The molecule has 0 unspecified atom stereocenters. The third kappa shape index (κ3) is 4.27. The lowest BCUT2D eigenvalue weighted by Gasteiger charge is -2.07. The first-order valence-electron chi connectivity index (χ1n) is 7.84. The van der Waals surface area contributed by atoms with Gasteiger partial charge in [0.05, 0.1) is 17.4 Å². The van der Waals surface area contributed by atoms with Gasteiger partial charge >= 0.3 is 6.18 Å². The largest absolute Gasteiger partial charge is 0.433 e. The fourth-order valence-corrected chi connectivity index (χ4v) is 2.33. The van der Waals surface area contributed by atoms with Gasteiger partial charge in [0.25, 0.3) is 5.91 Å². The van der Waals surface area contributed by atoms with Crippen molar-refractivity contribution < 1.29 is 18.0 Å². The maximum absolute atomic E-state index is 12.5. The van der Waals surface area contributed by atoms with Crippen LogP contribution in [0.25, 0.3) is 5.69 Å². The lowest BCUT2D eigenvalue weighted by molar-refractivity contribution is -0.141. The highest BCUT2D eigenvalue weighted by atomic mass is 19.4. The van der Waals surface area contributed by atoms with E-state index in [0.29, 0.717) is 13.0 Å². The van der Waals surface area contributed by atoms with E-state index in [1.807, 2.05) is 36.5 Å². The molecule has 0 atom stereocenters. The first-order chi connectivity index (χ1) is 12.4. The monoisotopic (exact) mass is 360 g/mol. The summed E-state index contributed by atoms with van der Waals surface area (Å²) in [6, 6.07) is 11.5. The molecule has 0 spiro atoms. The maximum Gasteiger partial charge on any atom is 0.433 e. The molecule has 3 aromatic rings. The van der Waals surface area contributed by atoms with Crippen molar-refractivity contribution in [2.45, 2.75) is 12.6 Å². The molecule has 0 saturated carbocycles. The number of rotatable bonds is 5. The Labute approximate surface area is 147 Å². The molecule has 134 valence electrons. The maximum atomic E-state index is 12.5. The Morgan fingerprint density at radius 1 is 1.08 bits per heavy atom. The van der Waals surface area contributed by atoms with Crippen LogP contribution in [-0.4, -0.2) is 27.2 Å². The van der Waals surface area contributed by atoms with Crippen molar-refractivity contribution in [2.75, 3.05) is 6.54 Å². The highest BCUT2D eigenvalue weighted by Gasteiger charge is 2.32. The number of carbonyl (C=O) groups is 1. The number of para-hydroxylation sites is 1. The zero-order chi connectivity index (χ0) is 18.6. The van der Waals surface area contributed by atoms with Gasteiger partial charge in [-0.1, -0.05) is 18.2 Å². The normalized spacial score (nSPS) is 11.3. The van der Waals surface area contributed by atoms with Crippen LogP contribution in [0.15, 0.2) is 61.1 Å². The number of benzene rings is 1. The number of hydrogen-bond donors (Lipinski definition) is 1. The quantitative estimate of drug-likeness (QED) is 0.760. The van der Waals surface area contributed by atoms with E-state index in [1.54, 1.807) is 10.9 Å². The van der Waals surface area contributed by atoms with E-state index >= 15 is 0 Å². The molecule has 0 aliphatic heterocycles. The summed E-state index contributed by atoms with van der Waals surface area (Å²) in [6.45, 7) is 0.334. The number of amides is 1. The number of pyridine rings is 1. The van der Waals surface area contributed by atoms with E-state index in [9.17, 15) is 18.0 Å². The second kappa shape index (κ2) is 7.38. The number of halogens is 3. The van der Waals surface area contributed by atoms with Crippen LogP contribution in [0, 0.1) is 0 Å². The van der Waals surface area contributed by atoms with E-state index in [0.717, 1.165) is 29.6 Å². The van der Waals surface area contributed by atoms with Gasteiger partial charge in [-0.15, -0.1) is 0 Å². The zero-order valence-electron chi connectivity index (χ0n) is 13.6. The number of nitrogens with one attached hydrogen (secondary N) is 1. The summed E-state index contributed by atoms with van der Waals surface area (Å²) in [4.78, 5) is 15.2. The van der Waals surface area contributed by atoms with Gasteiger partial charge in [-0.05, 0) is 36.2 Å². The fourth-order valence-electron chi connectivity index (χ4n) is 2.33. The smallest absolute Gasteiger partial charge is 0.352 e. The molecule has 0 fully saturated rings. The second-order valence-corrected chi connectivity index (χ2v) is 5.56. The van der Waals surface area contributed by atoms with E-state index in [-0.39, 0.29) is 5.56 Å². The van der Waals surface area contributed by atoms with Crippen LogP contribution in [-0.2, 0) is 12.6 Å². The number of carbonyl (C=O) groups excluding carboxylic acids is 1. The third-order valence-corrected chi connectivity index (χ3v) is 3.67. The van der Waals surface area contributed by atoms with Gasteiger partial charge in [0.2, 0.25) is 0 Å². The number of alkyl halides is 3. The molecule has 0 saturated heterocycles. The Morgan fingerprint density at radius 3 is 2.50 bits per heavy atom. The van der Waals surface area contributed by atoms with E-state index in [2.05, 4.69) is 15.4 Å². The predicted molar refractivity (Wildman–Crippen MR) is 88.8 cm³/mol. The average molecular weight is 360 g/mol. The van der Waals surface area contributed by atoms with Gasteiger partial charge in [-0.3, -0.25) is 9.78 Å². The van der Waals surface area contributed by atoms with Gasteiger partial charge in [0.15, 0.2) is 0 Å². The summed E-state index contributed by atoms with van der Waals surface area (Å²) < 4.78 is 39.1. The highest BCUT2D eigenvalue weighted by Crippen LogP contribution is 2.27. The topological polar surface area (TPSA) is 59.8 Å². The van der Waals surface area contributed by atoms with Crippen LogP contribution in [0.2, 0.25) is 0 Å². The van der Waals surface area contributed by atoms with E-state index in [1.165, 1.54) is 0 Å². The minimum atomic E-state index is -4.52. The van der Waals surface area contributed by atoms with Gasteiger partial charge < -0.3 is 5.32 Å². The predicted octanol–water partition coefficient (Wildman–Crippen LogP) is 3.26. The minimum Gasteiger partial charge on any atom is -0.352 e. The Hall–Kier alpha value is -3.16. The Morgan fingerprint density at radius 2 is 1.85 bits per heavy atom. The molecule has 2 heterocycles. The van der Waals surface area contributed by atoms with Crippen LogP contribution in [0.3, 0.4) is 0 Å². The van der Waals surface area contributed by atoms with Crippen LogP contribution in [0.5, 0.6) is 0 Å². The molecule has 0 aliphatic rings. The van der Waals surface area contributed by atoms with E-state index < -0.39 is 17.8 Å². The number of aromatic nitrogens is 3. The molecule has 0 bridgehead atoms. The summed E-state index contributed by atoms with van der Waals surface area (Å²) in [5, 5.41) is 6.92. The Balaban J connectivity index is 1.53. The summed E-state index contributed by atoms with van der Waals surface area (Å²) in [7, 11) is 0. The molecular formula is C18H15F3N4O. The van der Waals surface area contributed by atoms with Crippen molar-refractivity contribution in [3.63, 3.8) is 0 Å². The number of hydrogen-bond acceptors (Lipinski definition) is 3. The van der Waals surface area contributed by atoms with Gasteiger partial charge in [-0.2, -0.15) is 18.3 Å². The number of nitrogens with zero attached hydrogens (tertiary/aromatic N) is 3. The molecule has 0 radical (unpaired) electrons. The van der Waals surface area contributed by atoms with Crippen molar-refractivity contribution in [2.24, 2.45) is 0 Å². The van der Waals surface area contributed by atoms with Gasteiger partial charge in [0.1, 0.15) is 5.69 Å². The Kier molecular flexibility index (Phi) is 5.01. The average Bonchev–Trinajstić information content (AvgIpc) is 3.11. The van der Waals surface area contributed by atoms with Gasteiger partial charge in [-0.25, -0.2) is 4.68 Å². The van der Waals surface area contributed by atoms with Crippen LogP contribution in [0.4, 0.5) is 13.2 Å². The van der Waals surface area contributed by atoms with E-state index in [4.69, 9.17) is 0 Å². The molecule has 1 amide bonds. The molecule has 8 heteroatoms. The van der Waals surface area contributed by atoms with Gasteiger partial charge in [0, 0.05) is 18.9 Å². The SMILES string of the molecule is O=C(NCCc1cnn(-c2ccccc2)c1)c1ccc(C(F)(F)F)nc1. The Bertz CT molecular complexity index is 873. The molecule has 3 rings (SSSR count). The summed E-state index contributed by atoms with van der Waals surface area (Å²) >= 11 is 0. The molecule has 26 heavy (non-hydrogen) atoms. The van der Waals surface area contributed by atoms with Crippen LogP contribution >= 0.6 is 0 Å². The highest BCUT2D eigenvalue weighted by molar-refractivity contribution is 5.93. The minimum absolute atomic E-state index is 0.0815. The summed E-state index contributed by atoms with van der Waals surface area (Å²) in [6.07, 6.45) is 0.520. The first-order valence-corrected chi connectivity index (χ1v) is 7.84. The van der Waals surface area contributed by atoms with Crippen molar-refractivity contribution in [1.29, 1.82) is 0 Å². The molecule has 0 aliphatic carbocycles. The summed E-state index contributed by atoms with van der Waals surface area (Å²) in [5.74, 6) is -0.471. The molecule has 1 N–H and O–H groups in total.